The predicted molar refractivity (Wildman–Crippen MR) is 106 cm³/mol. The first-order valence-electron chi connectivity index (χ1n) is 9.65. The highest BCUT2D eigenvalue weighted by atomic mass is 16.6. The van der Waals surface area contributed by atoms with Crippen LogP contribution in [-0.4, -0.2) is 82.5 Å². The van der Waals surface area contributed by atoms with Crippen LogP contribution in [0.5, 0.6) is 0 Å². The van der Waals surface area contributed by atoms with Gasteiger partial charge in [-0.05, 0) is 12.0 Å². The molecule has 2 saturated heterocycles. The highest BCUT2D eigenvalue weighted by Crippen LogP contribution is 2.38. The molecule has 9 nitrogen and oxygen atoms in total. The van der Waals surface area contributed by atoms with Crippen molar-refractivity contribution in [2.75, 3.05) is 20.7 Å². The summed E-state index contributed by atoms with van der Waals surface area (Å²) in [6.45, 7) is 3.84. The summed E-state index contributed by atoms with van der Waals surface area (Å²) in [4.78, 5) is 53.1. The lowest BCUT2D eigenvalue weighted by atomic mass is 9.88. The van der Waals surface area contributed by atoms with E-state index in [9.17, 15) is 24.3 Å². The van der Waals surface area contributed by atoms with Gasteiger partial charge in [0.15, 0.2) is 0 Å². The maximum Gasteiger partial charge on any atom is 0.411 e. The predicted octanol–water partition coefficient (Wildman–Crippen LogP) is 1.27. The Bertz CT molecular complexity index is 856. The zero-order valence-corrected chi connectivity index (χ0v) is 16.9. The van der Waals surface area contributed by atoms with Crippen molar-refractivity contribution in [2.45, 2.75) is 37.0 Å². The van der Waals surface area contributed by atoms with Crippen LogP contribution in [0.1, 0.15) is 24.4 Å². The zero-order valence-electron chi connectivity index (χ0n) is 16.9. The Morgan fingerprint density at radius 3 is 2.53 bits per heavy atom. The number of benzene rings is 1. The molecule has 1 aromatic rings. The lowest BCUT2D eigenvalue weighted by Gasteiger charge is -2.51. The maximum absolute atomic E-state index is 13.0. The Hall–Kier alpha value is -3.36. The van der Waals surface area contributed by atoms with E-state index in [4.69, 9.17) is 4.74 Å². The van der Waals surface area contributed by atoms with Crippen LogP contribution in [0.4, 0.5) is 4.79 Å². The van der Waals surface area contributed by atoms with Gasteiger partial charge in [-0.15, -0.1) is 6.58 Å². The van der Waals surface area contributed by atoms with Gasteiger partial charge in [0.2, 0.25) is 11.8 Å². The highest BCUT2D eigenvalue weighted by molar-refractivity contribution is 5.96. The van der Waals surface area contributed by atoms with E-state index in [0.29, 0.717) is 0 Å². The molecule has 0 spiro atoms. The summed E-state index contributed by atoms with van der Waals surface area (Å²) in [5.41, 5.74) is 0.823. The molecular formula is C21H25N3O6. The molecule has 0 radical (unpaired) electrons. The molecule has 4 atom stereocenters. The van der Waals surface area contributed by atoms with Crippen LogP contribution in [0.3, 0.4) is 0 Å². The molecule has 0 bridgehead atoms. The Kier molecular flexibility index (Phi) is 6.09. The number of cyclic esters (lactones) is 1. The van der Waals surface area contributed by atoms with Gasteiger partial charge < -0.3 is 19.6 Å². The molecule has 0 saturated carbocycles. The monoisotopic (exact) mass is 415 g/mol. The molecule has 0 aromatic heterocycles. The minimum absolute atomic E-state index is 0.0132. The molecule has 0 unspecified atom stereocenters. The molecule has 0 aliphatic carbocycles. The van der Waals surface area contributed by atoms with Gasteiger partial charge in [0.25, 0.3) is 0 Å². The molecule has 1 aromatic carbocycles. The van der Waals surface area contributed by atoms with Crippen LogP contribution < -0.4 is 0 Å². The fourth-order valence-corrected chi connectivity index (χ4v) is 3.94. The van der Waals surface area contributed by atoms with E-state index >= 15 is 0 Å². The number of aliphatic carboxylic acids is 1. The van der Waals surface area contributed by atoms with Crippen molar-refractivity contribution in [2.24, 2.45) is 0 Å². The van der Waals surface area contributed by atoms with Crippen molar-refractivity contribution in [3.63, 3.8) is 0 Å². The largest absolute Gasteiger partial charge is 0.480 e. The molecule has 3 rings (SSSR count). The molecule has 1 N–H and O–H groups in total. The number of hydrogen-bond acceptors (Lipinski definition) is 5. The van der Waals surface area contributed by atoms with Crippen LogP contribution in [0.2, 0.25) is 0 Å². The van der Waals surface area contributed by atoms with Gasteiger partial charge in [-0.2, -0.15) is 0 Å². The number of ether oxygens (including phenoxy) is 1. The van der Waals surface area contributed by atoms with E-state index in [1.165, 1.54) is 20.8 Å². The van der Waals surface area contributed by atoms with Gasteiger partial charge in [-0.3, -0.25) is 14.5 Å². The molecule has 160 valence electrons. The second-order valence-corrected chi connectivity index (χ2v) is 7.51. The van der Waals surface area contributed by atoms with Crippen LogP contribution in [0.15, 0.2) is 43.0 Å². The minimum atomic E-state index is -1.20. The molecule has 2 aliphatic rings. The second-order valence-electron chi connectivity index (χ2n) is 7.51. The number of rotatable bonds is 8. The maximum atomic E-state index is 13.0. The topological polar surface area (TPSA) is 107 Å². The van der Waals surface area contributed by atoms with E-state index in [0.717, 1.165) is 5.56 Å². The molecule has 2 aliphatic heterocycles. The van der Waals surface area contributed by atoms with Crippen LogP contribution >= 0.6 is 0 Å². The van der Waals surface area contributed by atoms with E-state index < -0.39 is 42.1 Å². The van der Waals surface area contributed by atoms with Gasteiger partial charge in [-0.1, -0.05) is 36.4 Å². The minimum Gasteiger partial charge on any atom is -0.480 e. The van der Waals surface area contributed by atoms with Crippen molar-refractivity contribution in [3.8, 4) is 0 Å². The summed E-state index contributed by atoms with van der Waals surface area (Å²) in [7, 11) is 3.16. The van der Waals surface area contributed by atoms with Gasteiger partial charge in [0.05, 0.1) is 12.1 Å². The average Bonchev–Trinajstić information content (AvgIpc) is 3.09. The van der Waals surface area contributed by atoms with Crippen molar-refractivity contribution in [1.29, 1.82) is 0 Å². The number of likely N-dealkylation sites (tertiary alicyclic amines) is 1. The van der Waals surface area contributed by atoms with Crippen LogP contribution in [-0.2, 0) is 19.1 Å². The number of carboxylic acid groups (broad SMARTS) is 1. The van der Waals surface area contributed by atoms with Crippen LogP contribution in [0, 0.1) is 0 Å². The van der Waals surface area contributed by atoms with Crippen molar-refractivity contribution < 1.29 is 29.0 Å². The van der Waals surface area contributed by atoms with Crippen molar-refractivity contribution in [1.82, 2.24) is 14.7 Å². The van der Waals surface area contributed by atoms with Gasteiger partial charge in [0, 0.05) is 20.5 Å². The number of carbonyl (C=O) groups excluding carboxylic acids is 3. The number of hydrogen-bond donors (Lipinski definition) is 1. The Balaban J connectivity index is 1.82. The standard InChI is InChI=1S/C21H25N3O6/c1-4-14-18(24-16(12-30-21(24)29)13-8-6-5-7-9-13)19(26)23(14)15(20(27)28)10-11-17(25)22(2)3/h4-9,14-16,18H,1,10-12H2,2-3H3,(H,27,28)/t14-,15+,16-,18+/m1/s1. The van der Waals surface area contributed by atoms with Gasteiger partial charge >= 0.3 is 12.1 Å². The summed E-state index contributed by atoms with van der Waals surface area (Å²) < 4.78 is 5.19. The lowest BCUT2D eigenvalue weighted by Crippen LogP contribution is -2.73. The number of nitrogens with zero attached hydrogens (tertiary/aromatic N) is 3. The molecule has 2 fully saturated rings. The SMILES string of the molecule is C=C[C@@H]1[C@H](N2C(=O)OC[C@@H]2c2ccccc2)C(=O)N1[C@@H](CCC(=O)N(C)C)C(=O)O. The fraction of sp³-hybridized carbons (Fsp3) is 0.429. The fourth-order valence-electron chi connectivity index (χ4n) is 3.94. The van der Waals surface area contributed by atoms with Gasteiger partial charge in [-0.25, -0.2) is 9.59 Å². The third kappa shape index (κ3) is 3.74. The zero-order chi connectivity index (χ0) is 22.0. The van der Waals surface area contributed by atoms with Crippen molar-refractivity contribution >= 4 is 23.9 Å². The summed E-state index contributed by atoms with van der Waals surface area (Å²) >= 11 is 0. The van der Waals surface area contributed by atoms with Gasteiger partial charge in [0.1, 0.15) is 18.7 Å². The van der Waals surface area contributed by atoms with E-state index in [2.05, 4.69) is 6.58 Å². The first kappa shape index (κ1) is 21.4. The first-order valence-corrected chi connectivity index (χ1v) is 9.65. The third-order valence-electron chi connectivity index (χ3n) is 5.54. The summed E-state index contributed by atoms with van der Waals surface area (Å²) in [5, 5.41) is 9.67. The molecule has 30 heavy (non-hydrogen) atoms. The van der Waals surface area contributed by atoms with E-state index in [-0.39, 0.29) is 25.4 Å². The first-order chi connectivity index (χ1) is 14.3. The number of carboxylic acids is 1. The van der Waals surface area contributed by atoms with E-state index in [1.54, 1.807) is 14.1 Å². The smallest absolute Gasteiger partial charge is 0.411 e. The second kappa shape index (κ2) is 8.56. The van der Waals surface area contributed by atoms with Crippen molar-refractivity contribution in [3.05, 3.63) is 48.6 Å². The molecule has 2 heterocycles. The molecular weight excluding hydrogens is 390 g/mol. The quantitative estimate of drug-likeness (QED) is 0.506. The lowest BCUT2D eigenvalue weighted by molar-refractivity contribution is -0.168. The summed E-state index contributed by atoms with van der Waals surface area (Å²) in [6.07, 6.45) is 0.801. The molecule has 3 amide bonds. The Morgan fingerprint density at radius 2 is 1.97 bits per heavy atom. The summed E-state index contributed by atoms with van der Waals surface area (Å²) in [5.74, 6) is -1.93. The number of amides is 3. The molecule has 9 heteroatoms. The Morgan fingerprint density at radius 1 is 1.30 bits per heavy atom. The number of carbonyl (C=O) groups is 4. The summed E-state index contributed by atoms with van der Waals surface area (Å²) in [6, 6.07) is 5.98. The Labute approximate surface area is 174 Å². The third-order valence-corrected chi connectivity index (χ3v) is 5.54. The van der Waals surface area contributed by atoms with E-state index in [1.807, 2.05) is 30.3 Å². The normalized spacial score (nSPS) is 24.1. The average molecular weight is 415 g/mol. The highest BCUT2D eigenvalue weighted by Gasteiger charge is 2.57. The number of β-lactam (4-membered cyclic amide) rings is 1. The van der Waals surface area contributed by atoms with Crippen LogP contribution in [0.25, 0.3) is 0 Å².